The first-order chi connectivity index (χ1) is 16.5. The number of anilines is 1. The van der Waals surface area contributed by atoms with Crippen LogP contribution in [0.2, 0.25) is 0 Å². The summed E-state index contributed by atoms with van der Waals surface area (Å²) in [5.74, 6) is -1.37. The average Bonchev–Trinajstić information content (AvgIpc) is 3.40. The topological polar surface area (TPSA) is 73.5 Å². The third kappa shape index (κ3) is 4.22. The van der Waals surface area contributed by atoms with E-state index >= 15 is 0 Å². The van der Waals surface area contributed by atoms with Crippen molar-refractivity contribution in [2.24, 2.45) is 5.92 Å². The minimum atomic E-state index is -0.836. The fourth-order valence-corrected chi connectivity index (χ4v) is 5.30. The second-order valence-corrected chi connectivity index (χ2v) is 9.24. The van der Waals surface area contributed by atoms with Crippen molar-refractivity contribution in [1.82, 2.24) is 9.88 Å². The molecule has 2 aliphatic rings. The van der Waals surface area contributed by atoms with Gasteiger partial charge in [0.2, 0.25) is 11.8 Å². The van der Waals surface area contributed by atoms with E-state index in [0.29, 0.717) is 18.7 Å². The van der Waals surface area contributed by atoms with Crippen molar-refractivity contribution < 1.29 is 18.8 Å². The van der Waals surface area contributed by atoms with E-state index in [4.69, 9.17) is 0 Å². The van der Waals surface area contributed by atoms with Gasteiger partial charge in [-0.2, -0.15) is 0 Å². The Hall–Kier alpha value is -3.48. The largest absolute Gasteiger partial charge is 0.361 e. The molecule has 0 bridgehead atoms. The maximum absolute atomic E-state index is 13.6. The number of amides is 3. The molecule has 176 valence electrons. The number of benzene rings is 2. The Morgan fingerprint density at radius 3 is 2.53 bits per heavy atom. The second-order valence-electron chi connectivity index (χ2n) is 9.24. The molecule has 1 N–H and O–H groups in total. The molecule has 1 unspecified atom stereocenters. The zero-order chi connectivity index (χ0) is 23.7. The summed E-state index contributed by atoms with van der Waals surface area (Å²) < 4.78 is 13.4. The van der Waals surface area contributed by atoms with E-state index in [1.54, 1.807) is 4.90 Å². The van der Waals surface area contributed by atoms with Crippen molar-refractivity contribution in [2.75, 3.05) is 11.4 Å². The first-order valence-corrected chi connectivity index (χ1v) is 12.0. The van der Waals surface area contributed by atoms with Gasteiger partial charge in [-0.1, -0.05) is 37.5 Å². The number of nitrogens with zero attached hydrogens (tertiary/aromatic N) is 2. The van der Waals surface area contributed by atoms with E-state index in [0.717, 1.165) is 53.5 Å². The highest BCUT2D eigenvalue weighted by atomic mass is 19.1. The molecule has 1 saturated heterocycles. The molecule has 1 aliphatic heterocycles. The normalized spacial score (nSPS) is 19.2. The summed E-state index contributed by atoms with van der Waals surface area (Å²) >= 11 is 0. The van der Waals surface area contributed by atoms with E-state index in [1.807, 2.05) is 30.5 Å². The predicted octanol–water partition coefficient (Wildman–Crippen LogP) is 4.59. The molecule has 6 nitrogen and oxygen atoms in total. The molecule has 1 aromatic heterocycles. The molecule has 3 amide bonds. The molecule has 2 heterocycles. The summed E-state index contributed by atoms with van der Waals surface area (Å²) in [6.45, 7) is 0.359. The predicted molar refractivity (Wildman–Crippen MR) is 128 cm³/mol. The smallest absolute Gasteiger partial charge is 0.257 e. The highest BCUT2D eigenvalue weighted by Gasteiger charge is 2.45. The molecule has 0 radical (unpaired) electrons. The number of carbonyl (C=O) groups excluding carboxylic acids is 3. The van der Waals surface area contributed by atoms with Gasteiger partial charge < -0.3 is 9.88 Å². The van der Waals surface area contributed by atoms with Gasteiger partial charge in [-0.05, 0) is 55.2 Å². The number of hydrogen-bond acceptors (Lipinski definition) is 3. The van der Waals surface area contributed by atoms with Crippen LogP contribution in [-0.4, -0.2) is 40.2 Å². The van der Waals surface area contributed by atoms with Crippen LogP contribution in [0.1, 0.15) is 44.1 Å². The second kappa shape index (κ2) is 9.41. The number of H-pyrrole nitrogens is 1. The van der Waals surface area contributed by atoms with E-state index in [-0.39, 0.29) is 24.2 Å². The van der Waals surface area contributed by atoms with E-state index in [2.05, 4.69) is 4.98 Å². The summed E-state index contributed by atoms with van der Waals surface area (Å²) in [7, 11) is 0. The Morgan fingerprint density at radius 1 is 1.03 bits per heavy atom. The maximum Gasteiger partial charge on any atom is 0.257 e. The van der Waals surface area contributed by atoms with E-state index in [9.17, 15) is 18.8 Å². The van der Waals surface area contributed by atoms with Gasteiger partial charge in [-0.25, -0.2) is 9.29 Å². The van der Waals surface area contributed by atoms with Crippen LogP contribution in [0.4, 0.5) is 10.1 Å². The van der Waals surface area contributed by atoms with Crippen molar-refractivity contribution in [3.05, 3.63) is 66.1 Å². The van der Waals surface area contributed by atoms with Gasteiger partial charge in [-0.3, -0.25) is 14.4 Å². The van der Waals surface area contributed by atoms with Crippen LogP contribution in [0.15, 0.2) is 54.7 Å². The molecule has 1 saturated carbocycles. The van der Waals surface area contributed by atoms with E-state index < -0.39 is 17.8 Å². The molecular weight excluding hydrogens is 433 g/mol. The molecule has 1 aliphatic carbocycles. The number of aromatic amines is 1. The lowest BCUT2D eigenvalue weighted by atomic mass is 9.87. The van der Waals surface area contributed by atoms with Gasteiger partial charge in [-0.15, -0.1) is 0 Å². The lowest BCUT2D eigenvalue weighted by Crippen LogP contribution is -2.48. The van der Waals surface area contributed by atoms with Crippen LogP contribution in [0.5, 0.6) is 0 Å². The maximum atomic E-state index is 13.6. The van der Waals surface area contributed by atoms with Crippen molar-refractivity contribution in [1.29, 1.82) is 0 Å². The summed E-state index contributed by atoms with van der Waals surface area (Å²) in [6, 6.07) is 12.4. The number of imide groups is 1. The average molecular weight is 462 g/mol. The number of para-hydroxylation sites is 1. The number of halogens is 1. The summed E-state index contributed by atoms with van der Waals surface area (Å²) in [4.78, 5) is 45.9. The van der Waals surface area contributed by atoms with Gasteiger partial charge in [0.05, 0.1) is 12.1 Å². The first kappa shape index (κ1) is 22.3. The quantitative estimate of drug-likeness (QED) is 0.546. The lowest BCUT2D eigenvalue weighted by molar-refractivity contribution is -0.142. The summed E-state index contributed by atoms with van der Waals surface area (Å²) in [5, 5.41) is 1.09. The van der Waals surface area contributed by atoms with Crippen LogP contribution in [-0.2, 0) is 20.8 Å². The van der Waals surface area contributed by atoms with Crippen molar-refractivity contribution in [3.8, 4) is 0 Å². The Balaban J connectivity index is 1.41. The first-order valence-electron chi connectivity index (χ1n) is 12.0. The number of aromatic nitrogens is 1. The molecule has 34 heavy (non-hydrogen) atoms. The molecule has 2 fully saturated rings. The van der Waals surface area contributed by atoms with E-state index in [1.165, 1.54) is 24.3 Å². The highest BCUT2D eigenvalue weighted by Crippen LogP contribution is 2.31. The lowest BCUT2D eigenvalue weighted by Gasteiger charge is -2.32. The Morgan fingerprint density at radius 2 is 1.76 bits per heavy atom. The third-order valence-electron chi connectivity index (χ3n) is 7.12. The molecule has 7 heteroatoms. The Kier molecular flexibility index (Phi) is 6.18. The Bertz CT molecular complexity index is 1210. The Labute approximate surface area is 197 Å². The van der Waals surface area contributed by atoms with Crippen LogP contribution in [0.3, 0.4) is 0 Å². The minimum absolute atomic E-state index is 0.0355. The van der Waals surface area contributed by atoms with Gasteiger partial charge in [0, 0.05) is 29.6 Å². The van der Waals surface area contributed by atoms with Crippen LogP contribution >= 0.6 is 0 Å². The SMILES string of the molecule is O=C1CC(N(CCc2c[nH]c3ccccc23)C(=O)C2CCCCC2)C(=O)N1c1ccc(F)cc1. The van der Waals surface area contributed by atoms with Gasteiger partial charge >= 0.3 is 0 Å². The van der Waals surface area contributed by atoms with Crippen LogP contribution in [0.25, 0.3) is 10.9 Å². The monoisotopic (exact) mass is 461 g/mol. The molecule has 2 aromatic carbocycles. The fourth-order valence-electron chi connectivity index (χ4n) is 5.30. The standard InChI is InChI=1S/C27H28FN3O3/c28-20-10-12-21(13-11-20)31-25(32)16-24(27(31)34)30(26(33)18-6-2-1-3-7-18)15-14-19-17-29-23-9-5-4-8-22(19)23/h4-5,8-13,17-18,24,29H,1-3,6-7,14-16H2. The van der Waals surface area contributed by atoms with Crippen molar-refractivity contribution in [2.45, 2.75) is 51.0 Å². The third-order valence-corrected chi connectivity index (χ3v) is 7.12. The zero-order valence-electron chi connectivity index (χ0n) is 19.0. The number of hydrogen-bond donors (Lipinski definition) is 1. The minimum Gasteiger partial charge on any atom is -0.361 e. The highest BCUT2D eigenvalue weighted by molar-refractivity contribution is 6.23. The number of carbonyl (C=O) groups is 3. The van der Waals surface area contributed by atoms with Crippen LogP contribution in [0, 0.1) is 11.7 Å². The number of nitrogens with one attached hydrogen (secondary N) is 1. The summed E-state index contributed by atoms with van der Waals surface area (Å²) in [6.07, 6.45) is 7.24. The molecule has 0 spiro atoms. The molecular formula is C27H28FN3O3. The van der Waals surface area contributed by atoms with Crippen molar-refractivity contribution >= 4 is 34.3 Å². The van der Waals surface area contributed by atoms with Crippen molar-refractivity contribution in [3.63, 3.8) is 0 Å². The molecule has 1 atom stereocenters. The van der Waals surface area contributed by atoms with Gasteiger partial charge in [0.25, 0.3) is 5.91 Å². The zero-order valence-corrected chi connectivity index (χ0v) is 19.0. The fraction of sp³-hybridized carbons (Fsp3) is 0.370. The van der Waals surface area contributed by atoms with Gasteiger partial charge in [0.1, 0.15) is 11.9 Å². The summed E-state index contributed by atoms with van der Waals surface area (Å²) in [5.41, 5.74) is 2.43. The number of rotatable bonds is 6. The molecule has 5 rings (SSSR count). The van der Waals surface area contributed by atoms with Crippen LogP contribution < -0.4 is 4.90 Å². The molecule has 3 aromatic rings. The van der Waals surface area contributed by atoms with Gasteiger partial charge in [0.15, 0.2) is 0 Å². The number of fused-ring (bicyclic) bond motifs is 1.